The summed E-state index contributed by atoms with van der Waals surface area (Å²) >= 11 is 5.76. The molecule has 6 heteroatoms. The van der Waals surface area contributed by atoms with E-state index in [0.717, 1.165) is 5.56 Å². The van der Waals surface area contributed by atoms with Gasteiger partial charge in [0.15, 0.2) is 5.78 Å². The third-order valence-corrected chi connectivity index (χ3v) is 3.67. The van der Waals surface area contributed by atoms with Crippen LogP contribution in [0.4, 0.5) is 0 Å². The van der Waals surface area contributed by atoms with E-state index in [-0.39, 0.29) is 37.7 Å². The Labute approximate surface area is 150 Å². The molecule has 0 atom stereocenters. The normalized spacial score (nSPS) is 10.1. The molecule has 0 radical (unpaired) electrons. The van der Waals surface area contributed by atoms with Crippen molar-refractivity contribution in [2.24, 2.45) is 0 Å². The average Bonchev–Trinajstić information content (AvgIpc) is 2.64. The molecule has 0 aliphatic carbocycles. The zero-order valence-corrected chi connectivity index (χ0v) is 14.3. The van der Waals surface area contributed by atoms with E-state index in [4.69, 9.17) is 16.3 Å². The van der Waals surface area contributed by atoms with Crippen molar-refractivity contribution in [2.45, 2.75) is 19.4 Å². The molecule has 0 saturated carbocycles. The molecule has 0 heterocycles. The molecule has 0 aromatic heterocycles. The molecule has 0 aliphatic rings. The van der Waals surface area contributed by atoms with Crippen LogP contribution in [0.1, 0.15) is 28.8 Å². The molecule has 0 spiro atoms. The van der Waals surface area contributed by atoms with Gasteiger partial charge in [-0.2, -0.15) is 0 Å². The second kappa shape index (κ2) is 9.59. The van der Waals surface area contributed by atoms with Crippen LogP contribution in [0.15, 0.2) is 54.6 Å². The average molecular weight is 360 g/mol. The van der Waals surface area contributed by atoms with Crippen molar-refractivity contribution < 1.29 is 19.1 Å². The van der Waals surface area contributed by atoms with Crippen LogP contribution in [0.3, 0.4) is 0 Å². The second-order valence-corrected chi connectivity index (χ2v) is 5.79. The lowest BCUT2D eigenvalue weighted by molar-refractivity contribution is -0.145. The number of rotatable bonds is 8. The minimum absolute atomic E-state index is 0.00737. The van der Waals surface area contributed by atoms with Gasteiger partial charge in [0.2, 0.25) is 5.91 Å². The Morgan fingerprint density at radius 1 is 0.920 bits per heavy atom. The minimum atomic E-state index is -0.527. The lowest BCUT2D eigenvalue weighted by Gasteiger charge is -2.06. The van der Waals surface area contributed by atoms with Gasteiger partial charge >= 0.3 is 5.97 Å². The fraction of sp³-hybridized carbons (Fsp3) is 0.211. The highest BCUT2D eigenvalue weighted by Gasteiger charge is 2.11. The highest BCUT2D eigenvalue weighted by Crippen LogP contribution is 2.11. The summed E-state index contributed by atoms with van der Waals surface area (Å²) < 4.78 is 5.05. The van der Waals surface area contributed by atoms with Crippen molar-refractivity contribution >= 4 is 29.3 Å². The highest BCUT2D eigenvalue weighted by atomic mass is 35.5. The zero-order valence-electron chi connectivity index (χ0n) is 13.5. The molecule has 0 fully saturated rings. The van der Waals surface area contributed by atoms with Gasteiger partial charge in [0.25, 0.3) is 0 Å². The van der Waals surface area contributed by atoms with Gasteiger partial charge in [-0.05, 0) is 29.8 Å². The molecule has 0 saturated heterocycles. The Balaban J connectivity index is 1.65. The van der Waals surface area contributed by atoms with Crippen molar-refractivity contribution in [3.8, 4) is 0 Å². The number of ether oxygens (including phenoxy) is 1. The highest BCUT2D eigenvalue weighted by molar-refractivity contribution is 6.30. The molecule has 0 bridgehead atoms. The fourth-order valence-electron chi connectivity index (χ4n) is 2.06. The second-order valence-electron chi connectivity index (χ2n) is 5.35. The molecule has 2 aromatic carbocycles. The van der Waals surface area contributed by atoms with Gasteiger partial charge in [-0.3, -0.25) is 14.4 Å². The summed E-state index contributed by atoms with van der Waals surface area (Å²) in [5.41, 5.74) is 1.37. The van der Waals surface area contributed by atoms with Gasteiger partial charge in [-0.25, -0.2) is 0 Å². The molecule has 130 valence electrons. The molecule has 0 aliphatic heterocycles. The van der Waals surface area contributed by atoms with E-state index in [1.807, 2.05) is 30.3 Å². The first-order valence-corrected chi connectivity index (χ1v) is 8.17. The monoisotopic (exact) mass is 359 g/mol. The molecular formula is C19H18ClNO4. The molecular weight excluding hydrogens is 342 g/mol. The predicted octanol–water partition coefficient (Wildman–Crippen LogP) is 3.16. The first-order valence-electron chi connectivity index (χ1n) is 7.79. The van der Waals surface area contributed by atoms with Crippen LogP contribution in [0.5, 0.6) is 0 Å². The number of esters is 1. The lowest BCUT2D eigenvalue weighted by Crippen LogP contribution is -2.30. The first kappa shape index (κ1) is 18.7. The van der Waals surface area contributed by atoms with E-state index in [0.29, 0.717) is 10.6 Å². The van der Waals surface area contributed by atoms with Crippen molar-refractivity contribution in [3.63, 3.8) is 0 Å². The smallest absolute Gasteiger partial charge is 0.325 e. The van der Waals surface area contributed by atoms with Crippen molar-refractivity contribution in [1.82, 2.24) is 5.32 Å². The number of hydrogen-bond acceptors (Lipinski definition) is 4. The topological polar surface area (TPSA) is 72.5 Å². The summed E-state index contributed by atoms with van der Waals surface area (Å²) in [6, 6.07) is 15.7. The Hall–Kier alpha value is -2.66. The molecule has 25 heavy (non-hydrogen) atoms. The summed E-state index contributed by atoms with van der Waals surface area (Å²) in [6.45, 7) is -0.0641. The zero-order chi connectivity index (χ0) is 18.1. The number of carbonyl (C=O) groups is 3. The van der Waals surface area contributed by atoms with E-state index in [9.17, 15) is 14.4 Å². The fourth-order valence-corrected chi connectivity index (χ4v) is 2.18. The van der Waals surface area contributed by atoms with Crippen molar-refractivity contribution in [1.29, 1.82) is 0 Å². The molecule has 0 unspecified atom stereocenters. The molecule has 1 N–H and O–H groups in total. The summed E-state index contributed by atoms with van der Waals surface area (Å²) in [7, 11) is 0. The minimum Gasteiger partial charge on any atom is -0.460 e. The Kier molecular flexibility index (Phi) is 7.16. The quantitative estimate of drug-likeness (QED) is 0.580. The molecule has 1 amide bonds. The molecule has 2 rings (SSSR count). The van der Waals surface area contributed by atoms with Gasteiger partial charge in [0.05, 0.1) is 0 Å². The molecule has 2 aromatic rings. The first-order chi connectivity index (χ1) is 12.0. The van der Waals surface area contributed by atoms with Crippen LogP contribution in [-0.4, -0.2) is 24.2 Å². The Morgan fingerprint density at radius 3 is 2.28 bits per heavy atom. The van der Waals surface area contributed by atoms with Crippen LogP contribution < -0.4 is 5.32 Å². The number of hydrogen-bond donors (Lipinski definition) is 1. The van der Waals surface area contributed by atoms with Crippen LogP contribution in [-0.2, 0) is 20.9 Å². The largest absolute Gasteiger partial charge is 0.460 e. The number of amides is 1. The SMILES string of the molecule is O=C(CCC(=O)c1ccc(Cl)cc1)NCC(=O)OCc1ccccc1. The third kappa shape index (κ3) is 6.77. The number of benzene rings is 2. The van der Waals surface area contributed by atoms with Gasteiger partial charge in [-0.1, -0.05) is 41.9 Å². The van der Waals surface area contributed by atoms with Gasteiger partial charge in [0, 0.05) is 23.4 Å². The third-order valence-electron chi connectivity index (χ3n) is 3.42. The van der Waals surface area contributed by atoms with Crippen LogP contribution in [0.25, 0.3) is 0 Å². The van der Waals surface area contributed by atoms with Crippen molar-refractivity contribution in [3.05, 3.63) is 70.7 Å². The number of nitrogens with one attached hydrogen (secondary N) is 1. The standard InChI is InChI=1S/C19H18ClNO4/c20-16-8-6-15(7-9-16)17(22)10-11-18(23)21-12-19(24)25-13-14-4-2-1-3-5-14/h1-9H,10-13H2,(H,21,23). The predicted molar refractivity (Wildman–Crippen MR) is 94.3 cm³/mol. The number of Topliss-reactive ketones (excluding diaryl/α,β-unsaturated/α-hetero) is 1. The van der Waals surface area contributed by atoms with Gasteiger partial charge in [0.1, 0.15) is 13.2 Å². The number of halogens is 1. The number of ketones is 1. The number of carbonyl (C=O) groups excluding carboxylic acids is 3. The van der Waals surface area contributed by atoms with E-state index < -0.39 is 5.97 Å². The Morgan fingerprint density at radius 2 is 1.60 bits per heavy atom. The van der Waals surface area contributed by atoms with E-state index in [1.165, 1.54) is 0 Å². The summed E-state index contributed by atoms with van der Waals surface area (Å²) in [6.07, 6.45) is 0.0694. The van der Waals surface area contributed by atoms with Crippen molar-refractivity contribution in [2.75, 3.05) is 6.54 Å². The maximum Gasteiger partial charge on any atom is 0.325 e. The van der Waals surface area contributed by atoms with Crippen LogP contribution in [0.2, 0.25) is 5.02 Å². The summed E-state index contributed by atoms with van der Waals surface area (Å²) in [5.74, 6) is -1.06. The Bertz CT molecular complexity index is 729. The maximum absolute atomic E-state index is 11.9. The van der Waals surface area contributed by atoms with E-state index in [2.05, 4.69) is 5.32 Å². The van der Waals surface area contributed by atoms with Crippen LogP contribution in [0, 0.1) is 0 Å². The van der Waals surface area contributed by atoms with Gasteiger partial charge in [-0.15, -0.1) is 0 Å². The summed E-state index contributed by atoms with van der Waals surface area (Å²) in [4.78, 5) is 35.3. The van der Waals surface area contributed by atoms with Gasteiger partial charge < -0.3 is 10.1 Å². The maximum atomic E-state index is 11.9. The lowest BCUT2D eigenvalue weighted by atomic mass is 10.1. The molecule has 5 nitrogen and oxygen atoms in total. The van der Waals surface area contributed by atoms with E-state index in [1.54, 1.807) is 24.3 Å². The summed E-state index contributed by atoms with van der Waals surface area (Å²) in [5, 5.41) is 2.99. The van der Waals surface area contributed by atoms with E-state index >= 15 is 0 Å². The van der Waals surface area contributed by atoms with Crippen LogP contribution >= 0.6 is 11.6 Å².